The van der Waals surface area contributed by atoms with Gasteiger partial charge in [0.05, 0.1) is 5.69 Å². The molecule has 0 atom stereocenters. The Balaban J connectivity index is 1.38. The molecule has 1 saturated heterocycles. The van der Waals surface area contributed by atoms with Crippen molar-refractivity contribution in [3.8, 4) is 11.3 Å². The van der Waals surface area contributed by atoms with Crippen LogP contribution in [0.4, 0.5) is 22.0 Å². The maximum atomic E-state index is 12.3. The van der Waals surface area contributed by atoms with Crippen LogP contribution in [0.1, 0.15) is 31.2 Å². The van der Waals surface area contributed by atoms with Gasteiger partial charge < -0.3 is 15.5 Å². The molecule has 0 spiro atoms. The van der Waals surface area contributed by atoms with Crippen LogP contribution in [0.2, 0.25) is 5.02 Å². The first-order valence-corrected chi connectivity index (χ1v) is 11.0. The predicted octanol–water partition coefficient (Wildman–Crippen LogP) is 6.13. The minimum Gasteiger partial charge on any atom is -0.355 e. The summed E-state index contributed by atoms with van der Waals surface area (Å²) < 4.78 is 0. The second kappa shape index (κ2) is 9.79. The van der Waals surface area contributed by atoms with Crippen molar-refractivity contribution in [2.24, 2.45) is 0 Å². The Bertz CT molecular complexity index is 1030. The van der Waals surface area contributed by atoms with Crippen LogP contribution in [0.15, 0.2) is 54.6 Å². The number of nitrogens with one attached hydrogen (secondary N) is 2. The molecule has 0 bridgehead atoms. The van der Waals surface area contributed by atoms with Crippen LogP contribution in [-0.4, -0.2) is 29.3 Å². The van der Waals surface area contributed by atoms with E-state index in [0.717, 1.165) is 35.7 Å². The number of urea groups is 1. The van der Waals surface area contributed by atoms with Gasteiger partial charge in [-0.15, -0.1) is 10.2 Å². The number of nitrogens with zero attached hydrogens (tertiary/aromatic N) is 3. The first-order valence-electron chi connectivity index (χ1n) is 10.6. The number of rotatable bonds is 4. The van der Waals surface area contributed by atoms with E-state index in [2.05, 4.69) is 25.7 Å². The van der Waals surface area contributed by atoms with Crippen LogP contribution in [-0.2, 0) is 0 Å². The molecule has 1 aliphatic rings. The van der Waals surface area contributed by atoms with Crippen LogP contribution >= 0.6 is 11.6 Å². The van der Waals surface area contributed by atoms with E-state index in [0.29, 0.717) is 16.4 Å². The van der Waals surface area contributed by atoms with Gasteiger partial charge in [-0.25, -0.2) is 4.79 Å². The highest BCUT2D eigenvalue weighted by molar-refractivity contribution is 6.31. The molecule has 6 nitrogen and oxygen atoms in total. The van der Waals surface area contributed by atoms with Crippen molar-refractivity contribution >= 4 is 34.8 Å². The van der Waals surface area contributed by atoms with Gasteiger partial charge in [0.15, 0.2) is 5.82 Å². The minimum atomic E-state index is -0.320. The molecule has 1 aliphatic heterocycles. The number of benzene rings is 2. The number of aryl methyl sites for hydroxylation is 1. The normalized spacial score (nSPS) is 14.1. The Morgan fingerprint density at radius 2 is 1.65 bits per heavy atom. The summed E-state index contributed by atoms with van der Waals surface area (Å²) in [4.78, 5) is 14.6. The van der Waals surface area contributed by atoms with Gasteiger partial charge >= 0.3 is 6.03 Å². The first kappa shape index (κ1) is 21.1. The highest BCUT2D eigenvalue weighted by Gasteiger charge is 2.12. The molecule has 0 saturated carbocycles. The summed E-state index contributed by atoms with van der Waals surface area (Å²) in [5.41, 5.74) is 4.07. The summed E-state index contributed by atoms with van der Waals surface area (Å²) in [6.07, 6.45) is 5.00. The lowest BCUT2D eigenvalue weighted by atomic mass is 10.1. The van der Waals surface area contributed by atoms with E-state index >= 15 is 0 Å². The van der Waals surface area contributed by atoms with Gasteiger partial charge in [-0.3, -0.25) is 0 Å². The van der Waals surface area contributed by atoms with Crippen molar-refractivity contribution < 1.29 is 4.79 Å². The number of hydrogen-bond acceptors (Lipinski definition) is 4. The largest absolute Gasteiger partial charge is 0.355 e. The van der Waals surface area contributed by atoms with Crippen molar-refractivity contribution in [3.63, 3.8) is 0 Å². The third-order valence-corrected chi connectivity index (χ3v) is 5.70. The zero-order chi connectivity index (χ0) is 21.6. The Morgan fingerprint density at radius 3 is 2.32 bits per heavy atom. The Kier molecular flexibility index (Phi) is 6.67. The molecule has 31 heavy (non-hydrogen) atoms. The fraction of sp³-hybridized carbons (Fsp3) is 0.292. The van der Waals surface area contributed by atoms with Crippen molar-refractivity contribution in [2.45, 2.75) is 32.6 Å². The molecule has 160 valence electrons. The number of hydrogen-bond donors (Lipinski definition) is 2. The van der Waals surface area contributed by atoms with E-state index in [4.69, 9.17) is 11.6 Å². The number of carbonyl (C=O) groups excluding carboxylic acids is 1. The average Bonchev–Trinajstić information content (AvgIpc) is 3.07. The smallest absolute Gasteiger partial charge is 0.323 e. The van der Waals surface area contributed by atoms with Gasteiger partial charge in [-0.2, -0.15) is 0 Å². The summed E-state index contributed by atoms with van der Waals surface area (Å²) >= 11 is 6.01. The molecule has 0 unspecified atom stereocenters. The maximum Gasteiger partial charge on any atom is 0.323 e. The molecule has 0 radical (unpaired) electrons. The molecular weight excluding hydrogens is 410 g/mol. The molecule has 7 heteroatoms. The van der Waals surface area contributed by atoms with Gasteiger partial charge in [-0.1, -0.05) is 42.6 Å². The van der Waals surface area contributed by atoms with Gasteiger partial charge in [0.2, 0.25) is 0 Å². The second-order valence-electron chi connectivity index (χ2n) is 7.79. The minimum absolute atomic E-state index is 0.320. The fourth-order valence-electron chi connectivity index (χ4n) is 3.69. The van der Waals surface area contributed by atoms with Crippen LogP contribution in [0.5, 0.6) is 0 Å². The lowest BCUT2D eigenvalue weighted by molar-refractivity contribution is 0.262. The van der Waals surface area contributed by atoms with Crippen molar-refractivity contribution in [2.75, 3.05) is 28.6 Å². The third-order valence-electron chi connectivity index (χ3n) is 5.47. The number of aromatic nitrogens is 2. The Morgan fingerprint density at radius 1 is 0.903 bits per heavy atom. The summed E-state index contributed by atoms with van der Waals surface area (Å²) in [5.74, 6) is 0.942. The lowest BCUT2D eigenvalue weighted by Gasteiger charge is -2.20. The van der Waals surface area contributed by atoms with Crippen molar-refractivity contribution in [1.29, 1.82) is 0 Å². The zero-order valence-corrected chi connectivity index (χ0v) is 18.3. The quantitative estimate of drug-likeness (QED) is 0.517. The van der Waals surface area contributed by atoms with E-state index in [-0.39, 0.29) is 6.03 Å². The zero-order valence-electron chi connectivity index (χ0n) is 17.6. The standard InChI is InChI=1S/C24H26ClN5O/c1-17-6-9-19(25)16-22(17)27-24(31)26-20-10-7-18(8-11-20)21-12-13-23(29-28-21)30-14-4-2-3-5-15-30/h6-13,16H,2-5,14-15H2,1H3,(H2,26,27,31). The van der Waals surface area contributed by atoms with Crippen LogP contribution in [0.3, 0.4) is 0 Å². The maximum absolute atomic E-state index is 12.3. The average molecular weight is 436 g/mol. The van der Waals surface area contributed by atoms with E-state index in [1.165, 1.54) is 25.7 Å². The molecule has 2 heterocycles. The second-order valence-corrected chi connectivity index (χ2v) is 8.23. The highest BCUT2D eigenvalue weighted by Crippen LogP contribution is 2.23. The molecule has 3 aromatic rings. The van der Waals surface area contributed by atoms with E-state index in [9.17, 15) is 4.79 Å². The first-order chi connectivity index (χ1) is 15.1. The van der Waals surface area contributed by atoms with Crippen molar-refractivity contribution in [1.82, 2.24) is 10.2 Å². The summed E-state index contributed by atoms with van der Waals surface area (Å²) in [6, 6.07) is 16.7. The van der Waals surface area contributed by atoms with E-state index in [1.807, 2.05) is 49.4 Å². The molecule has 1 fully saturated rings. The molecule has 0 aliphatic carbocycles. The van der Waals surface area contributed by atoms with Gasteiger partial charge in [0.25, 0.3) is 0 Å². The van der Waals surface area contributed by atoms with Gasteiger partial charge in [-0.05, 0) is 61.7 Å². The van der Waals surface area contributed by atoms with Crippen molar-refractivity contribution in [3.05, 3.63) is 65.2 Å². The molecule has 2 amide bonds. The van der Waals surface area contributed by atoms with Crippen LogP contribution < -0.4 is 15.5 Å². The van der Waals surface area contributed by atoms with Gasteiger partial charge in [0.1, 0.15) is 0 Å². The summed E-state index contributed by atoms with van der Waals surface area (Å²) in [5, 5.41) is 15.1. The number of halogens is 1. The lowest BCUT2D eigenvalue weighted by Crippen LogP contribution is -2.25. The van der Waals surface area contributed by atoms with Gasteiger partial charge in [0, 0.05) is 35.1 Å². The SMILES string of the molecule is Cc1ccc(Cl)cc1NC(=O)Nc1ccc(-c2ccc(N3CCCCCC3)nn2)cc1. The Labute approximate surface area is 187 Å². The molecule has 2 N–H and O–H groups in total. The topological polar surface area (TPSA) is 70.2 Å². The summed E-state index contributed by atoms with van der Waals surface area (Å²) in [7, 11) is 0. The molecule has 2 aromatic carbocycles. The van der Waals surface area contributed by atoms with E-state index in [1.54, 1.807) is 12.1 Å². The molecule has 1 aromatic heterocycles. The highest BCUT2D eigenvalue weighted by atomic mass is 35.5. The predicted molar refractivity (Wildman–Crippen MR) is 127 cm³/mol. The third kappa shape index (κ3) is 5.52. The summed E-state index contributed by atoms with van der Waals surface area (Å²) in [6.45, 7) is 4.01. The van der Waals surface area contributed by atoms with Crippen LogP contribution in [0.25, 0.3) is 11.3 Å². The number of carbonyl (C=O) groups is 1. The van der Waals surface area contributed by atoms with Crippen LogP contribution in [0, 0.1) is 6.92 Å². The monoisotopic (exact) mass is 435 g/mol. The van der Waals surface area contributed by atoms with E-state index < -0.39 is 0 Å². The molecule has 4 rings (SSSR count). The Hall–Kier alpha value is -3.12. The number of amides is 2. The molecular formula is C24H26ClN5O. The fourth-order valence-corrected chi connectivity index (χ4v) is 3.86. The number of anilines is 3.